The third kappa shape index (κ3) is 4.96. The van der Waals surface area contributed by atoms with E-state index in [9.17, 15) is 10.00 Å². The number of aliphatic hydroxyl groups excluding tert-OH is 1. The van der Waals surface area contributed by atoms with Gasteiger partial charge in [-0.3, -0.25) is 0 Å². The lowest BCUT2D eigenvalue weighted by Gasteiger charge is -2.14. The summed E-state index contributed by atoms with van der Waals surface area (Å²) in [7, 11) is 0. The van der Waals surface area contributed by atoms with E-state index in [2.05, 4.69) is 0 Å². The Kier molecular flexibility index (Phi) is 7.11. The normalized spacial score (nSPS) is 21.3. The molecule has 0 saturated heterocycles. The smallest absolute Gasteiger partial charge is 0.216 e. The summed E-state index contributed by atoms with van der Waals surface area (Å²) in [6, 6.07) is 16.9. The monoisotopic (exact) mass is 365 g/mol. The highest BCUT2D eigenvalue weighted by molar-refractivity contribution is 8.13. The van der Waals surface area contributed by atoms with Crippen molar-refractivity contribution in [1.82, 2.24) is 0 Å². The summed E-state index contributed by atoms with van der Waals surface area (Å²) < 4.78 is 5.25. The lowest BCUT2D eigenvalue weighted by molar-refractivity contribution is 0.159. The van der Waals surface area contributed by atoms with Gasteiger partial charge in [0, 0.05) is 11.3 Å². The minimum absolute atomic E-state index is 0.104. The maximum absolute atomic E-state index is 9.82. The van der Waals surface area contributed by atoms with Crippen molar-refractivity contribution < 1.29 is 14.5 Å². The zero-order valence-electron chi connectivity index (χ0n) is 13.7. The summed E-state index contributed by atoms with van der Waals surface area (Å²) >= 11 is 5.02. The molecule has 0 saturated carbocycles. The number of rotatable bonds is 4. The quantitative estimate of drug-likeness (QED) is 0.727. The topological polar surface area (TPSA) is 75.7 Å². The molecule has 0 amide bonds. The second kappa shape index (κ2) is 8.86. The fourth-order valence-electron chi connectivity index (χ4n) is 2.51. The summed E-state index contributed by atoms with van der Waals surface area (Å²) in [5, 5.41) is 10.2. The Hall–Kier alpha value is -1.07. The molecule has 1 aliphatic carbocycles. The molecule has 1 aliphatic rings. The van der Waals surface area contributed by atoms with Crippen LogP contribution in [0.3, 0.4) is 0 Å². The Morgan fingerprint density at radius 1 is 1.17 bits per heavy atom. The van der Waals surface area contributed by atoms with Gasteiger partial charge in [-0.2, -0.15) is 0 Å². The molecule has 0 spiro atoms. The predicted molar refractivity (Wildman–Crippen MR) is 102 cm³/mol. The predicted octanol–water partition coefficient (Wildman–Crippen LogP) is 2.64. The lowest BCUT2D eigenvalue weighted by Crippen LogP contribution is -2.24. The summed E-state index contributed by atoms with van der Waals surface area (Å²) in [4.78, 5) is 9.82. The third-order valence-electron chi connectivity index (χ3n) is 3.79. The lowest BCUT2D eigenvalue weighted by atomic mass is 10.1. The molecule has 0 radical (unpaired) electrons. The van der Waals surface area contributed by atoms with Gasteiger partial charge in [0.2, 0.25) is 6.49 Å². The fraction of sp³-hybridized carbons (Fsp3) is 0.333. The first-order valence-corrected chi connectivity index (χ1v) is 10.7. The van der Waals surface area contributed by atoms with Crippen LogP contribution in [0.15, 0.2) is 54.6 Å². The minimum Gasteiger partial charge on any atom is -0.387 e. The van der Waals surface area contributed by atoms with E-state index in [0.717, 1.165) is 23.7 Å². The van der Waals surface area contributed by atoms with Gasteiger partial charge < -0.3 is 20.3 Å². The first kappa shape index (κ1) is 19.3. The van der Waals surface area contributed by atoms with E-state index in [1.807, 2.05) is 49.4 Å². The van der Waals surface area contributed by atoms with Crippen LogP contribution in [0, 0.1) is 0 Å². The Morgan fingerprint density at radius 2 is 1.79 bits per heavy atom. The molecule has 2 aromatic carbocycles. The van der Waals surface area contributed by atoms with Gasteiger partial charge in [-0.15, -0.1) is 0 Å². The molecule has 0 heterocycles. The molecule has 0 aromatic heterocycles. The number of fused-ring (bicyclic) bond motifs is 1. The molecular weight excluding hydrogens is 341 g/mol. The number of hydrogen-bond acceptors (Lipinski definition) is 4. The summed E-state index contributed by atoms with van der Waals surface area (Å²) in [6.45, 7) is -0.225. The van der Waals surface area contributed by atoms with Crippen LogP contribution in [-0.4, -0.2) is 22.6 Å². The van der Waals surface area contributed by atoms with Crippen LogP contribution >= 0.6 is 6.49 Å². The Morgan fingerprint density at radius 3 is 2.42 bits per heavy atom. The van der Waals surface area contributed by atoms with Gasteiger partial charge in [-0.1, -0.05) is 49.4 Å². The highest BCUT2D eigenvalue weighted by atomic mass is 32.5. The van der Waals surface area contributed by atoms with Crippen molar-refractivity contribution in [2.75, 3.05) is 6.61 Å². The summed E-state index contributed by atoms with van der Waals surface area (Å²) in [5.74, 6) is 0. The molecule has 0 bridgehead atoms. The highest BCUT2D eigenvalue weighted by Gasteiger charge is 2.26. The van der Waals surface area contributed by atoms with Crippen LogP contribution in [0.2, 0.25) is 0 Å². The molecule has 2 aromatic rings. The summed E-state index contributed by atoms with van der Waals surface area (Å²) in [5.41, 5.74) is 7.87. The maximum Gasteiger partial charge on any atom is 0.216 e. The number of aliphatic hydroxyl groups is 1. The fourth-order valence-corrected chi connectivity index (χ4v) is 4.23. The van der Waals surface area contributed by atoms with E-state index in [-0.39, 0.29) is 6.04 Å². The highest BCUT2D eigenvalue weighted by Crippen LogP contribution is 2.40. The second-order valence-electron chi connectivity index (χ2n) is 5.70. The van der Waals surface area contributed by atoms with Gasteiger partial charge in [-0.25, -0.2) is 0 Å². The van der Waals surface area contributed by atoms with Crippen molar-refractivity contribution in [2.24, 2.45) is 5.73 Å². The first-order valence-electron chi connectivity index (χ1n) is 8.00. The molecule has 1 unspecified atom stereocenters. The van der Waals surface area contributed by atoms with Gasteiger partial charge in [0.05, 0.1) is 12.7 Å². The number of hydrogen-bond donors (Lipinski definition) is 3. The Bertz CT molecular complexity index is 696. The van der Waals surface area contributed by atoms with E-state index < -0.39 is 12.6 Å². The molecule has 4 nitrogen and oxygen atoms in total. The second-order valence-corrected chi connectivity index (χ2v) is 9.00. The van der Waals surface area contributed by atoms with Gasteiger partial charge in [0.25, 0.3) is 0 Å². The average Bonchev–Trinajstić information content (AvgIpc) is 2.89. The summed E-state index contributed by atoms with van der Waals surface area (Å²) in [6.07, 6.45) is 1.22. The minimum atomic E-state index is -2.73. The van der Waals surface area contributed by atoms with Crippen molar-refractivity contribution in [2.45, 2.75) is 31.9 Å². The molecule has 130 valence electrons. The van der Waals surface area contributed by atoms with Gasteiger partial charge >= 0.3 is 0 Å². The number of nitrogens with two attached hydrogens (primary N) is 1. The molecule has 24 heavy (non-hydrogen) atoms. The van der Waals surface area contributed by atoms with Gasteiger partial charge in [-0.05, 0) is 47.9 Å². The molecule has 3 rings (SSSR count). The third-order valence-corrected chi connectivity index (χ3v) is 6.22. The van der Waals surface area contributed by atoms with Crippen molar-refractivity contribution in [3.05, 3.63) is 65.7 Å². The zero-order chi connectivity index (χ0) is 17.6. The van der Waals surface area contributed by atoms with Crippen LogP contribution in [0.1, 0.15) is 30.6 Å². The van der Waals surface area contributed by atoms with Crippen molar-refractivity contribution in [3.63, 3.8) is 0 Å². The van der Waals surface area contributed by atoms with Gasteiger partial charge in [0.15, 0.2) is 0 Å². The SMILES string of the molecule is CCCOP(O)(=S)c1ccccc1.N[C@@H]1Cc2ccccc2[C@@H]1O. The Balaban J connectivity index is 0.000000175. The maximum atomic E-state index is 9.82. The van der Waals surface area contributed by atoms with E-state index in [0.29, 0.717) is 6.61 Å². The first-order chi connectivity index (χ1) is 11.5. The van der Waals surface area contributed by atoms with Crippen LogP contribution < -0.4 is 11.0 Å². The molecule has 6 heteroatoms. The average molecular weight is 365 g/mol. The van der Waals surface area contributed by atoms with E-state index in [1.165, 1.54) is 5.56 Å². The molecule has 0 aliphatic heterocycles. The molecule has 3 atom stereocenters. The van der Waals surface area contributed by atoms with Crippen LogP contribution in [0.5, 0.6) is 0 Å². The molecule has 4 N–H and O–H groups in total. The molecular formula is C18H24NO3PS. The van der Waals surface area contributed by atoms with Crippen LogP contribution in [0.25, 0.3) is 0 Å². The van der Waals surface area contributed by atoms with Crippen molar-refractivity contribution in [3.8, 4) is 0 Å². The van der Waals surface area contributed by atoms with E-state index >= 15 is 0 Å². The van der Waals surface area contributed by atoms with Crippen LogP contribution in [-0.2, 0) is 22.8 Å². The van der Waals surface area contributed by atoms with Crippen molar-refractivity contribution in [1.29, 1.82) is 0 Å². The van der Waals surface area contributed by atoms with Crippen molar-refractivity contribution >= 4 is 23.6 Å². The number of benzene rings is 2. The van der Waals surface area contributed by atoms with Gasteiger partial charge in [0.1, 0.15) is 0 Å². The van der Waals surface area contributed by atoms with E-state index in [1.54, 1.807) is 12.1 Å². The van der Waals surface area contributed by atoms with E-state index in [4.69, 9.17) is 22.1 Å². The molecule has 0 fully saturated rings. The zero-order valence-corrected chi connectivity index (χ0v) is 15.4. The van der Waals surface area contributed by atoms with Crippen LogP contribution in [0.4, 0.5) is 0 Å². The standard InChI is InChI=1S/C9H11NO.C9H13O2PS/c10-8-5-6-3-1-2-4-7(6)9(8)11;1-2-8-11-12(10,13)9-6-4-3-5-7-9/h1-4,8-9,11H,5,10H2;3-7H,2,8H2,1H3,(H,10,13)/t8-,9+;/m1./s1. The largest absolute Gasteiger partial charge is 0.387 e. The Labute approximate surface area is 148 Å².